The van der Waals surface area contributed by atoms with Crippen molar-refractivity contribution in [3.63, 3.8) is 0 Å². The highest BCUT2D eigenvalue weighted by Gasteiger charge is 2.14. The first-order valence-electron chi connectivity index (χ1n) is 9.58. The zero-order valence-electron chi connectivity index (χ0n) is 16.4. The van der Waals surface area contributed by atoms with Gasteiger partial charge in [0, 0.05) is 22.8 Å². The molecule has 7 heteroatoms. The van der Waals surface area contributed by atoms with Crippen LogP contribution in [0.15, 0.2) is 59.1 Å². The van der Waals surface area contributed by atoms with Crippen LogP contribution in [0.3, 0.4) is 0 Å². The highest BCUT2D eigenvalue weighted by atomic mass is 79.9. The molecule has 0 unspecified atom stereocenters. The minimum atomic E-state index is -0.268. The second-order valence-electron chi connectivity index (χ2n) is 6.66. The van der Waals surface area contributed by atoms with Crippen molar-refractivity contribution in [3.8, 4) is 23.0 Å². The van der Waals surface area contributed by atoms with E-state index in [1.807, 2.05) is 37.3 Å². The smallest absolute Gasteiger partial charge is 0.231 e. The van der Waals surface area contributed by atoms with E-state index in [9.17, 15) is 4.39 Å². The number of rotatable bonds is 8. The lowest BCUT2D eigenvalue weighted by Crippen LogP contribution is -2.04. The standard InChI is InChI=1S/C23H21BrFNO4/c1-2-27-21-9-16(12-26-18-7-8-20-22(10-18)30-14-29-20)19(24)11-23(21)28-13-15-3-5-17(25)6-4-15/h3-11,26H,2,12-14H2,1H3. The average Bonchev–Trinajstić information content (AvgIpc) is 3.22. The average molecular weight is 474 g/mol. The minimum absolute atomic E-state index is 0.251. The first-order valence-corrected chi connectivity index (χ1v) is 10.4. The van der Waals surface area contributed by atoms with Gasteiger partial charge in [-0.15, -0.1) is 0 Å². The summed E-state index contributed by atoms with van der Waals surface area (Å²) in [5.74, 6) is 2.50. The van der Waals surface area contributed by atoms with Gasteiger partial charge in [-0.05, 0) is 54.4 Å². The zero-order chi connectivity index (χ0) is 20.9. The van der Waals surface area contributed by atoms with Crippen molar-refractivity contribution in [1.82, 2.24) is 0 Å². The number of benzene rings is 3. The Morgan fingerprint density at radius 1 is 0.967 bits per heavy atom. The van der Waals surface area contributed by atoms with Gasteiger partial charge in [-0.1, -0.05) is 28.1 Å². The molecule has 0 radical (unpaired) electrons. The van der Waals surface area contributed by atoms with E-state index in [1.54, 1.807) is 12.1 Å². The molecule has 0 bridgehead atoms. The zero-order valence-corrected chi connectivity index (χ0v) is 18.0. The molecule has 0 aromatic heterocycles. The molecule has 0 atom stereocenters. The number of ether oxygens (including phenoxy) is 4. The third kappa shape index (κ3) is 4.79. The Morgan fingerprint density at radius 2 is 1.73 bits per heavy atom. The van der Waals surface area contributed by atoms with Gasteiger partial charge in [0.15, 0.2) is 23.0 Å². The molecule has 1 heterocycles. The summed E-state index contributed by atoms with van der Waals surface area (Å²) >= 11 is 3.62. The van der Waals surface area contributed by atoms with Gasteiger partial charge in [-0.2, -0.15) is 0 Å². The quantitative estimate of drug-likeness (QED) is 0.440. The Bertz CT molecular complexity index is 1030. The monoisotopic (exact) mass is 473 g/mol. The van der Waals surface area contributed by atoms with E-state index in [2.05, 4.69) is 21.2 Å². The number of hydrogen-bond acceptors (Lipinski definition) is 5. The van der Waals surface area contributed by atoms with Gasteiger partial charge in [-0.25, -0.2) is 4.39 Å². The summed E-state index contributed by atoms with van der Waals surface area (Å²) in [4.78, 5) is 0. The highest BCUT2D eigenvalue weighted by molar-refractivity contribution is 9.10. The van der Waals surface area contributed by atoms with Gasteiger partial charge < -0.3 is 24.3 Å². The normalized spacial score (nSPS) is 12.0. The molecule has 1 N–H and O–H groups in total. The number of fused-ring (bicyclic) bond motifs is 1. The highest BCUT2D eigenvalue weighted by Crippen LogP contribution is 2.36. The van der Waals surface area contributed by atoms with Crippen molar-refractivity contribution in [1.29, 1.82) is 0 Å². The van der Waals surface area contributed by atoms with Crippen LogP contribution in [0.2, 0.25) is 0 Å². The Kier molecular flexibility index (Phi) is 6.28. The van der Waals surface area contributed by atoms with Crippen LogP contribution in [0, 0.1) is 5.82 Å². The summed E-state index contributed by atoms with van der Waals surface area (Å²) in [7, 11) is 0. The van der Waals surface area contributed by atoms with E-state index in [0.717, 1.165) is 32.8 Å². The molecular weight excluding hydrogens is 453 g/mol. The summed E-state index contributed by atoms with van der Waals surface area (Å²) in [6.07, 6.45) is 0. The fourth-order valence-electron chi connectivity index (χ4n) is 3.04. The Morgan fingerprint density at radius 3 is 2.53 bits per heavy atom. The maximum atomic E-state index is 13.1. The summed E-state index contributed by atoms with van der Waals surface area (Å²) in [5.41, 5.74) is 2.83. The fraction of sp³-hybridized carbons (Fsp3) is 0.217. The Labute approximate surface area is 182 Å². The van der Waals surface area contributed by atoms with Crippen LogP contribution in [-0.4, -0.2) is 13.4 Å². The molecule has 0 amide bonds. The van der Waals surface area contributed by atoms with Crippen molar-refractivity contribution in [2.45, 2.75) is 20.1 Å². The lowest BCUT2D eigenvalue weighted by molar-refractivity contribution is 0.174. The van der Waals surface area contributed by atoms with Crippen LogP contribution in [0.4, 0.5) is 10.1 Å². The van der Waals surface area contributed by atoms with Gasteiger partial charge in [0.05, 0.1) is 6.61 Å². The molecule has 1 aliphatic heterocycles. The lowest BCUT2D eigenvalue weighted by atomic mass is 10.2. The summed E-state index contributed by atoms with van der Waals surface area (Å²) < 4.78 is 36.5. The maximum Gasteiger partial charge on any atom is 0.231 e. The Balaban J connectivity index is 1.47. The molecule has 30 heavy (non-hydrogen) atoms. The van der Waals surface area contributed by atoms with Crippen molar-refractivity contribution in [3.05, 3.63) is 76.0 Å². The molecule has 0 fully saturated rings. The van der Waals surface area contributed by atoms with E-state index in [-0.39, 0.29) is 12.6 Å². The topological polar surface area (TPSA) is 49.0 Å². The molecule has 0 aliphatic carbocycles. The number of hydrogen-bond donors (Lipinski definition) is 1. The SMILES string of the molecule is CCOc1cc(CNc2ccc3c(c2)OCO3)c(Br)cc1OCc1ccc(F)cc1. The Hall–Kier alpha value is -2.93. The van der Waals surface area contributed by atoms with Crippen molar-refractivity contribution in [2.75, 3.05) is 18.7 Å². The fourth-order valence-corrected chi connectivity index (χ4v) is 3.50. The molecule has 0 spiro atoms. The molecule has 5 nitrogen and oxygen atoms in total. The van der Waals surface area contributed by atoms with Gasteiger partial charge >= 0.3 is 0 Å². The number of halogens is 2. The molecule has 0 saturated heterocycles. The third-order valence-corrected chi connectivity index (χ3v) is 5.31. The summed E-state index contributed by atoms with van der Waals surface area (Å²) in [6.45, 7) is 3.60. The van der Waals surface area contributed by atoms with Gasteiger partial charge in [-0.3, -0.25) is 0 Å². The van der Waals surface area contributed by atoms with E-state index in [0.29, 0.717) is 31.3 Å². The van der Waals surface area contributed by atoms with Gasteiger partial charge in [0.1, 0.15) is 12.4 Å². The second kappa shape index (κ2) is 9.26. The largest absolute Gasteiger partial charge is 0.490 e. The molecule has 3 aromatic carbocycles. The molecule has 1 aliphatic rings. The predicted molar refractivity (Wildman–Crippen MR) is 116 cm³/mol. The van der Waals surface area contributed by atoms with Crippen LogP contribution in [0.5, 0.6) is 23.0 Å². The lowest BCUT2D eigenvalue weighted by Gasteiger charge is -2.16. The molecule has 3 aromatic rings. The molecular formula is C23H21BrFNO4. The van der Waals surface area contributed by atoms with Crippen molar-refractivity contribution < 1.29 is 23.3 Å². The van der Waals surface area contributed by atoms with Gasteiger partial charge in [0.2, 0.25) is 6.79 Å². The second-order valence-corrected chi connectivity index (χ2v) is 7.51. The number of nitrogens with one attached hydrogen (secondary N) is 1. The van der Waals surface area contributed by atoms with E-state index in [4.69, 9.17) is 18.9 Å². The van der Waals surface area contributed by atoms with E-state index < -0.39 is 0 Å². The third-order valence-electron chi connectivity index (χ3n) is 4.58. The van der Waals surface area contributed by atoms with E-state index >= 15 is 0 Å². The minimum Gasteiger partial charge on any atom is -0.490 e. The molecule has 4 rings (SSSR count). The van der Waals surface area contributed by atoms with Crippen molar-refractivity contribution >= 4 is 21.6 Å². The first kappa shape index (κ1) is 20.3. The van der Waals surface area contributed by atoms with Crippen LogP contribution >= 0.6 is 15.9 Å². The summed E-state index contributed by atoms with van der Waals surface area (Å²) in [5, 5.41) is 3.39. The maximum absolute atomic E-state index is 13.1. The van der Waals surface area contributed by atoms with Gasteiger partial charge in [0.25, 0.3) is 0 Å². The van der Waals surface area contributed by atoms with E-state index in [1.165, 1.54) is 12.1 Å². The first-order chi connectivity index (χ1) is 14.6. The van der Waals surface area contributed by atoms with Crippen LogP contribution in [0.1, 0.15) is 18.1 Å². The predicted octanol–water partition coefficient (Wildman–Crippen LogP) is 5.91. The van der Waals surface area contributed by atoms with Crippen molar-refractivity contribution in [2.24, 2.45) is 0 Å². The molecule has 156 valence electrons. The van der Waals surface area contributed by atoms with Crippen LogP contribution in [-0.2, 0) is 13.2 Å². The molecule has 0 saturated carbocycles. The van der Waals surface area contributed by atoms with Crippen LogP contribution < -0.4 is 24.3 Å². The van der Waals surface area contributed by atoms with Crippen LogP contribution in [0.25, 0.3) is 0 Å². The summed E-state index contributed by atoms with van der Waals surface area (Å²) in [6, 6.07) is 15.8. The number of anilines is 1.